The molecule has 0 unspecified atom stereocenters. The van der Waals surface area contributed by atoms with Gasteiger partial charge in [0, 0.05) is 15.6 Å². The molecule has 1 saturated carbocycles. The molecule has 3 N–H and O–H groups in total. The second kappa shape index (κ2) is 3.22. The lowest BCUT2D eigenvalue weighted by Crippen LogP contribution is -2.19. The third-order valence-electron chi connectivity index (χ3n) is 3.25. The number of phenolic OH excluding ortho intramolecular Hbond substituents is 1. The Morgan fingerprint density at radius 3 is 2.62 bits per heavy atom. The summed E-state index contributed by atoms with van der Waals surface area (Å²) in [6.07, 6.45) is 1.91. The molecule has 1 aliphatic rings. The molecule has 82 valence electrons. The molecule has 1 fully saturated rings. The van der Waals surface area contributed by atoms with Gasteiger partial charge in [-0.15, -0.1) is 0 Å². The third kappa shape index (κ3) is 1.43. The highest BCUT2D eigenvalue weighted by molar-refractivity contribution is 9.10. The lowest BCUT2D eigenvalue weighted by molar-refractivity contribution is 0.461. The van der Waals surface area contributed by atoms with E-state index in [-0.39, 0.29) is 5.54 Å². The molecular formula is C13H12BrNO. The Kier molecular flexibility index (Phi) is 2.03. The first-order valence-electron chi connectivity index (χ1n) is 5.31. The van der Waals surface area contributed by atoms with Gasteiger partial charge >= 0.3 is 0 Å². The second-order valence-electron chi connectivity index (χ2n) is 4.48. The fraction of sp³-hybridized carbons (Fsp3) is 0.231. The fourth-order valence-electron chi connectivity index (χ4n) is 2.20. The summed E-state index contributed by atoms with van der Waals surface area (Å²) in [6.45, 7) is 0. The maximum atomic E-state index is 9.96. The molecule has 1 aliphatic carbocycles. The molecule has 0 spiro atoms. The van der Waals surface area contributed by atoms with E-state index in [0.717, 1.165) is 33.7 Å². The van der Waals surface area contributed by atoms with E-state index in [0.29, 0.717) is 5.75 Å². The quantitative estimate of drug-likeness (QED) is 0.841. The van der Waals surface area contributed by atoms with Gasteiger partial charge in [-0.1, -0.05) is 28.1 Å². The van der Waals surface area contributed by atoms with Gasteiger partial charge in [0.25, 0.3) is 0 Å². The van der Waals surface area contributed by atoms with Crippen molar-refractivity contribution in [3.8, 4) is 5.75 Å². The third-order valence-corrected chi connectivity index (χ3v) is 3.74. The SMILES string of the molecule is NC1(c2c(O)ccc3cc(Br)ccc23)CC1. The highest BCUT2D eigenvalue weighted by Gasteiger charge is 2.43. The molecule has 0 amide bonds. The molecule has 0 radical (unpaired) electrons. The smallest absolute Gasteiger partial charge is 0.121 e. The highest BCUT2D eigenvalue weighted by Crippen LogP contribution is 2.49. The Labute approximate surface area is 102 Å². The molecular weight excluding hydrogens is 266 g/mol. The standard InChI is InChI=1S/C13H12BrNO/c14-9-2-3-10-8(7-9)1-4-11(16)12(10)13(15)5-6-13/h1-4,7,16H,5-6,15H2. The molecule has 2 nitrogen and oxygen atoms in total. The fourth-order valence-corrected chi connectivity index (χ4v) is 2.58. The van der Waals surface area contributed by atoms with Crippen molar-refractivity contribution in [2.75, 3.05) is 0 Å². The van der Waals surface area contributed by atoms with Gasteiger partial charge in [-0.05, 0) is 41.8 Å². The average molecular weight is 278 g/mol. The summed E-state index contributed by atoms with van der Waals surface area (Å²) in [5.74, 6) is 0.315. The number of hydrogen-bond acceptors (Lipinski definition) is 2. The van der Waals surface area contributed by atoms with Crippen molar-refractivity contribution in [2.24, 2.45) is 5.73 Å². The minimum Gasteiger partial charge on any atom is -0.508 e. The minimum absolute atomic E-state index is 0.308. The van der Waals surface area contributed by atoms with Gasteiger partial charge in [-0.25, -0.2) is 0 Å². The molecule has 16 heavy (non-hydrogen) atoms. The first-order chi connectivity index (χ1) is 7.60. The summed E-state index contributed by atoms with van der Waals surface area (Å²) in [7, 11) is 0. The Morgan fingerprint density at radius 1 is 1.19 bits per heavy atom. The molecule has 0 saturated heterocycles. The van der Waals surface area contributed by atoms with E-state index in [2.05, 4.69) is 15.9 Å². The molecule has 3 rings (SSSR count). The first-order valence-corrected chi connectivity index (χ1v) is 6.10. The summed E-state index contributed by atoms with van der Waals surface area (Å²) in [5.41, 5.74) is 6.79. The maximum Gasteiger partial charge on any atom is 0.121 e. The molecule has 0 atom stereocenters. The zero-order valence-electron chi connectivity index (χ0n) is 8.70. The second-order valence-corrected chi connectivity index (χ2v) is 5.40. The largest absolute Gasteiger partial charge is 0.508 e. The summed E-state index contributed by atoms with van der Waals surface area (Å²) in [6, 6.07) is 9.70. The number of halogens is 1. The highest BCUT2D eigenvalue weighted by atomic mass is 79.9. The lowest BCUT2D eigenvalue weighted by Gasteiger charge is -2.15. The van der Waals surface area contributed by atoms with Crippen LogP contribution >= 0.6 is 15.9 Å². The number of hydrogen-bond donors (Lipinski definition) is 2. The molecule has 0 aliphatic heterocycles. The summed E-state index contributed by atoms with van der Waals surface area (Å²) in [4.78, 5) is 0. The number of nitrogens with two attached hydrogens (primary N) is 1. The predicted molar refractivity (Wildman–Crippen MR) is 68.4 cm³/mol. The molecule has 2 aromatic carbocycles. The van der Waals surface area contributed by atoms with Gasteiger partial charge in [0.2, 0.25) is 0 Å². The molecule has 0 heterocycles. The van der Waals surface area contributed by atoms with Crippen molar-refractivity contribution in [1.29, 1.82) is 0 Å². The lowest BCUT2D eigenvalue weighted by atomic mass is 9.96. The van der Waals surface area contributed by atoms with Crippen LogP contribution in [-0.4, -0.2) is 5.11 Å². The maximum absolute atomic E-state index is 9.96. The topological polar surface area (TPSA) is 46.2 Å². The van der Waals surface area contributed by atoms with Crippen LogP contribution in [0.5, 0.6) is 5.75 Å². The van der Waals surface area contributed by atoms with Gasteiger partial charge in [0.05, 0.1) is 0 Å². The monoisotopic (exact) mass is 277 g/mol. The van der Waals surface area contributed by atoms with Crippen LogP contribution in [0.1, 0.15) is 18.4 Å². The van der Waals surface area contributed by atoms with Crippen LogP contribution in [0.4, 0.5) is 0 Å². The zero-order valence-corrected chi connectivity index (χ0v) is 10.3. The Hall–Kier alpha value is -1.06. The van der Waals surface area contributed by atoms with E-state index in [1.165, 1.54) is 0 Å². The number of aromatic hydroxyl groups is 1. The van der Waals surface area contributed by atoms with Crippen LogP contribution in [0.3, 0.4) is 0 Å². The number of phenols is 1. The molecule has 2 aromatic rings. The van der Waals surface area contributed by atoms with E-state index >= 15 is 0 Å². The normalized spacial score (nSPS) is 17.6. The van der Waals surface area contributed by atoms with Crippen LogP contribution in [0, 0.1) is 0 Å². The number of fused-ring (bicyclic) bond motifs is 1. The minimum atomic E-state index is -0.308. The predicted octanol–water partition coefficient (Wildman–Crippen LogP) is 3.26. The van der Waals surface area contributed by atoms with E-state index < -0.39 is 0 Å². The van der Waals surface area contributed by atoms with Gasteiger partial charge < -0.3 is 10.8 Å². The van der Waals surface area contributed by atoms with Crippen molar-refractivity contribution in [2.45, 2.75) is 18.4 Å². The Morgan fingerprint density at radius 2 is 1.94 bits per heavy atom. The van der Waals surface area contributed by atoms with Gasteiger partial charge in [-0.3, -0.25) is 0 Å². The average Bonchev–Trinajstić information content (AvgIpc) is 2.97. The van der Waals surface area contributed by atoms with E-state index in [1.54, 1.807) is 6.07 Å². The van der Waals surface area contributed by atoms with E-state index in [4.69, 9.17) is 5.73 Å². The van der Waals surface area contributed by atoms with Gasteiger partial charge in [-0.2, -0.15) is 0 Å². The molecule has 3 heteroatoms. The summed E-state index contributed by atoms with van der Waals surface area (Å²) in [5, 5.41) is 12.1. The van der Waals surface area contributed by atoms with Crippen molar-refractivity contribution >= 4 is 26.7 Å². The van der Waals surface area contributed by atoms with Crippen LogP contribution in [0.15, 0.2) is 34.8 Å². The number of benzene rings is 2. The number of rotatable bonds is 1. The van der Waals surface area contributed by atoms with Gasteiger partial charge in [0.15, 0.2) is 0 Å². The van der Waals surface area contributed by atoms with E-state index in [1.807, 2.05) is 24.3 Å². The van der Waals surface area contributed by atoms with Crippen molar-refractivity contribution in [3.05, 3.63) is 40.4 Å². The molecule has 0 aromatic heterocycles. The Bertz CT molecular complexity index is 575. The summed E-state index contributed by atoms with van der Waals surface area (Å²) >= 11 is 3.45. The van der Waals surface area contributed by atoms with Crippen LogP contribution in [-0.2, 0) is 5.54 Å². The van der Waals surface area contributed by atoms with Crippen LogP contribution < -0.4 is 5.73 Å². The van der Waals surface area contributed by atoms with E-state index in [9.17, 15) is 5.11 Å². The zero-order chi connectivity index (χ0) is 11.3. The van der Waals surface area contributed by atoms with Crippen LogP contribution in [0.25, 0.3) is 10.8 Å². The Balaban J connectivity index is 2.36. The van der Waals surface area contributed by atoms with Crippen molar-refractivity contribution in [1.82, 2.24) is 0 Å². The summed E-state index contributed by atoms with van der Waals surface area (Å²) < 4.78 is 1.04. The van der Waals surface area contributed by atoms with Crippen molar-refractivity contribution < 1.29 is 5.11 Å². The van der Waals surface area contributed by atoms with Crippen molar-refractivity contribution in [3.63, 3.8) is 0 Å². The first kappa shape index (κ1) is 10.1. The van der Waals surface area contributed by atoms with Crippen LogP contribution in [0.2, 0.25) is 0 Å². The van der Waals surface area contributed by atoms with Gasteiger partial charge in [0.1, 0.15) is 5.75 Å². The molecule has 0 bridgehead atoms.